The minimum Gasteiger partial charge on any atom is -0.337 e. The van der Waals surface area contributed by atoms with Gasteiger partial charge in [0.05, 0.1) is 11.9 Å². The minimum absolute atomic E-state index is 0.554. The number of hydrogen-bond acceptors (Lipinski definition) is 0. The summed E-state index contributed by atoms with van der Waals surface area (Å²) in [5.41, 5.74) is 1.27. The zero-order valence-electron chi connectivity index (χ0n) is 6.54. The van der Waals surface area contributed by atoms with Gasteiger partial charge in [0, 0.05) is 7.05 Å². The first-order valence-corrected chi connectivity index (χ1v) is 3.53. The lowest BCUT2D eigenvalue weighted by Crippen LogP contribution is -2.30. The summed E-state index contributed by atoms with van der Waals surface area (Å²) in [5, 5.41) is 0. The third kappa shape index (κ3) is 1.29. The molecule has 10 heavy (non-hydrogen) atoms. The molecule has 1 nitrogen and oxygen atoms in total. The number of nitrogens with zero attached hydrogens (tertiary/aromatic N) is 1. The fourth-order valence-electron chi connectivity index (χ4n) is 1.01. The largest absolute Gasteiger partial charge is 0.337 e. The Morgan fingerprint density at radius 2 is 2.10 bits per heavy atom. The van der Waals surface area contributed by atoms with E-state index in [1.165, 1.54) is 5.69 Å². The number of rotatable bonds is 1. The lowest BCUT2D eigenvalue weighted by atomic mass is 10.1. The fourth-order valence-corrected chi connectivity index (χ4v) is 1.01. The number of hydrogen-bond donors (Lipinski definition) is 0. The van der Waals surface area contributed by atoms with Crippen LogP contribution in [0.25, 0.3) is 0 Å². The van der Waals surface area contributed by atoms with Gasteiger partial charge in [-0.25, -0.2) is 0 Å². The summed E-state index contributed by atoms with van der Waals surface area (Å²) in [6.45, 7) is 4.33. The van der Waals surface area contributed by atoms with E-state index in [4.69, 9.17) is 0 Å². The summed E-state index contributed by atoms with van der Waals surface area (Å²) in [6, 6.07) is 6.12. The smallest absolute Gasteiger partial charge is 0.0842 e. The average molecular weight is 135 g/mol. The Kier molecular flexibility index (Phi) is 1.95. The second-order valence-corrected chi connectivity index (χ2v) is 2.75. The Bertz CT molecular complexity index is 216. The molecule has 0 radical (unpaired) electrons. The van der Waals surface area contributed by atoms with E-state index >= 15 is 0 Å². The number of aromatic nitrogens is 1. The first kappa shape index (κ1) is 7.13. The molecule has 0 aliphatic heterocycles. The van der Waals surface area contributed by atoms with E-state index in [0.29, 0.717) is 5.92 Å². The summed E-state index contributed by atoms with van der Waals surface area (Å²) in [4.78, 5) is 0. The molecule has 0 aliphatic carbocycles. The maximum absolute atomic E-state index is 3.86. The summed E-state index contributed by atoms with van der Waals surface area (Å²) >= 11 is 0. The molecule has 54 valence electrons. The maximum Gasteiger partial charge on any atom is 0.0842 e. The SMILES string of the molecule is [CH2-][n+]1ccccc1C(C)C. The van der Waals surface area contributed by atoms with Gasteiger partial charge in [0.2, 0.25) is 0 Å². The first-order valence-electron chi connectivity index (χ1n) is 3.53. The molecule has 0 atom stereocenters. The molecule has 1 heteroatoms. The Hall–Kier alpha value is -0.980. The lowest BCUT2D eigenvalue weighted by Gasteiger charge is -2.08. The van der Waals surface area contributed by atoms with Crippen LogP contribution in [-0.2, 0) is 0 Å². The second kappa shape index (κ2) is 2.74. The van der Waals surface area contributed by atoms with Gasteiger partial charge in [-0.15, -0.1) is 0 Å². The standard InChI is InChI=1S/C9H13N/c1-8(2)9-6-4-5-7-10(9)3/h4-8H,3H2,1-2H3. The van der Waals surface area contributed by atoms with Gasteiger partial charge in [0.15, 0.2) is 0 Å². The van der Waals surface area contributed by atoms with E-state index in [1.54, 1.807) is 0 Å². The highest BCUT2D eigenvalue weighted by molar-refractivity contribution is 5.01. The molecule has 0 spiro atoms. The van der Waals surface area contributed by atoms with Crippen LogP contribution >= 0.6 is 0 Å². The molecular weight excluding hydrogens is 122 g/mol. The van der Waals surface area contributed by atoms with Gasteiger partial charge in [-0.1, -0.05) is 32.0 Å². The van der Waals surface area contributed by atoms with Crippen LogP contribution in [0.4, 0.5) is 0 Å². The summed E-state index contributed by atoms with van der Waals surface area (Å²) in [7, 11) is 3.86. The predicted octanol–water partition coefficient (Wildman–Crippen LogP) is 1.74. The molecule has 0 saturated heterocycles. The van der Waals surface area contributed by atoms with Gasteiger partial charge in [-0.05, 0) is 5.92 Å². The third-order valence-electron chi connectivity index (χ3n) is 1.57. The Labute approximate surface area is 62.3 Å². The van der Waals surface area contributed by atoms with Gasteiger partial charge in [0.25, 0.3) is 0 Å². The van der Waals surface area contributed by atoms with Crippen molar-refractivity contribution in [2.75, 3.05) is 0 Å². The van der Waals surface area contributed by atoms with E-state index in [-0.39, 0.29) is 0 Å². The fraction of sp³-hybridized carbons (Fsp3) is 0.333. The Morgan fingerprint density at radius 1 is 1.40 bits per heavy atom. The van der Waals surface area contributed by atoms with Crippen molar-refractivity contribution in [3.63, 3.8) is 0 Å². The monoisotopic (exact) mass is 135 g/mol. The highest BCUT2D eigenvalue weighted by Gasteiger charge is 2.00. The van der Waals surface area contributed by atoms with Crippen molar-refractivity contribution in [3.05, 3.63) is 37.1 Å². The molecule has 1 heterocycles. The van der Waals surface area contributed by atoms with Crippen molar-refractivity contribution in [2.45, 2.75) is 19.8 Å². The molecule has 1 aromatic rings. The van der Waals surface area contributed by atoms with Gasteiger partial charge < -0.3 is 4.57 Å². The van der Waals surface area contributed by atoms with E-state index in [1.807, 2.05) is 22.9 Å². The van der Waals surface area contributed by atoms with Gasteiger partial charge in [-0.2, -0.15) is 0 Å². The Balaban J connectivity index is 3.03. The second-order valence-electron chi connectivity index (χ2n) is 2.75. The molecule has 0 fully saturated rings. The van der Waals surface area contributed by atoms with Crippen LogP contribution in [-0.4, -0.2) is 0 Å². The summed E-state index contributed by atoms with van der Waals surface area (Å²) in [5.74, 6) is 0.554. The molecule has 0 unspecified atom stereocenters. The highest BCUT2D eigenvalue weighted by Crippen LogP contribution is 2.06. The first-order chi connectivity index (χ1) is 4.72. The van der Waals surface area contributed by atoms with Crippen molar-refractivity contribution in [1.82, 2.24) is 0 Å². The maximum atomic E-state index is 3.86. The van der Waals surface area contributed by atoms with Crippen LogP contribution in [0.2, 0.25) is 0 Å². The highest BCUT2D eigenvalue weighted by atomic mass is 14.9. The molecule has 0 bridgehead atoms. The van der Waals surface area contributed by atoms with Crippen LogP contribution in [0.3, 0.4) is 0 Å². The van der Waals surface area contributed by atoms with Crippen LogP contribution in [0.5, 0.6) is 0 Å². The predicted molar refractivity (Wildman–Crippen MR) is 41.5 cm³/mol. The third-order valence-corrected chi connectivity index (χ3v) is 1.57. The molecule has 0 amide bonds. The van der Waals surface area contributed by atoms with Gasteiger partial charge in [0.1, 0.15) is 0 Å². The van der Waals surface area contributed by atoms with Crippen molar-refractivity contribution in [2.24, 2.45) is 0 Å². The van der Waals surface area contributed by atoms with E-state index in [0.717, 1.165) is 0 Å². The van der Waals surface area contributed by atoms with Crippen molar-refractivity contribution in [1.29, 1.82) is 0 Å². The van der Waals surface area contributed by atoms with Crippen LogP contribution < -0.4 is 4.57 Å². The molecule has 0 aliphatic rings. The van der Waals surface area contributed by atoms with E-state index < -0.39 is 0 Å². The molecule has 0 aromatic carbocycles. The number of pyridine rings is 1. The van der Waals surface area contributed by atoms with Crippen molar-refractivity contribution < 1.29 is 4.57 Å². The van der Waals surface area contributed by atoms with Crippen LogP contribution in [0.15, 0.2) is 24.4 Å². The molecular formula is C9H13N. The topological polar surface area (TPSA) is 3.88 Å². The van der Waals surface area contributed by atoms with Crippen LogP contribution in [0, 0.1) is 7.05 Å². The van der Waals surface area contributed by atoms with Crippen molar-refractivity contribution >= 4 is 0 Å². The zero-order chi connectivity index (χ0) is 7.56. The molecule has 1 rings (SSSR count). The molecule has 1 aromatic heterocycles. The Morgan fingerprint density at radius 3 is 2.50 bits per heavy atom. The molecule has 0 N–H and O–H groups in total. The van der Waals surface area contributed by atoms with Gasteiger partial charge >= 0.3 is 0 Å². The lowest BCUT2D eigenvalue weighted by molar-refractivity contribution is -0.622. The molecule has 0 saturated carbocycles. The minimum atomic E-state index is 0.554. The quantitative estimate of drug-likeness (QED) is 0.408. The zero-order valence-corrected chi connectivity index (χ0v) is 6.54. The average Bonchev–Trinajstić information content (AvgIpc) is 1.88. The van der Waals surface area contributed by atoms with Gasteiger partial charge in [-0.3, -0.25) is 0 Å². The van der Waals surface area contributed by atoms with Crippen molar-refractivity contribution in [3.8, 4) is 0 Å². The summed E-state index contributed by atoms with van der Waals surface area (Å²) in [6.07, 6.45) is 1.97. The normalized spacial score (nSPS) is 10.3. The van der Waals surface area contributed by atoms with E-state index in [9.17, 15) is 0 Å². The van der Waals surface area contributed by atoms with E-state index in [2.05, 4.69) is 27.0 Å². The summed E-state index contributed by atoms with van der Waals surface area (Å²) < 4.78 is 1.91. The van der Waals surface area contributed by atoms with Crippen LogP contribution in [0.1, 0.15) is 25.5 Å².